The second-order valence-corrected chi connectivity index (χ2v) is 5.42. The van der Waals surface area contributed by atoms with Gasteiger partial charge in [0.15, 0.2) is 0 Å². The zero-order chi connectivity index (χ0) is 14.7. The summed E-state index contributed by atoms with van der Waals surface area (Å²) in [4.78, 5) is 2.95. The fourth-order valence-corrected chi connectivity index (χ4v) is 2.80. The second-order valence-electron chi connectivity index (χ2n) is 5.03. The van der Waals surface area contributed by atoms with Crippen molar-refractivity contribution in [3.8, 4) is 11.5 Å². The molecular weight excluding hydrogens is 274 g/mol. The van der Waals surface area contributed by atoms with Gasteiger partial charge in [0.2, 0.25) is 0 Å². The topological polar surface area (TPSA) is 30.9 Å². The van der Waals surface area contributed by atoms with E-state index < -0.39 is 0 Å². The van der Waals surface area contributed by atoms with Gasteiger partial charge in [0.05, 0.1) is 32.0 Å². The molecular formula is C15H21NO3S. The molecule has 1 heterocycles. The normalized spacial score (nSPS) is 22.5. The van der Waals surface area contributed by atoms with E-state index in [1.54, 1.807) is 14.2 Å². The molecule has 0 spiro atoms. The van der Waals surface area contributed by atoms with Crippen LogP contribution >= 0.6 is 12.2 Å². The molecule has 1 aromatic carbocycles. The number of methoxy groups -OCH3 is 2. The van der Waals surface area contributed by atoms with Gasteiger partial charge >= 0.3 is 0 Å². The van der Waals surface area contributed by atoms with Crippen molar-refractivity contribution in [2.24, 2.45) is 0 Å². The number of ether oxygens (including phenoxy) is 3. The first-order chi connectivity index (χ1) is 9.55. The van der Waals surface area contributed by atoms with Crippen molar-refractivity contribution in [2.75, 3.05) is 27.3 Å². The van der Waals surface area contributed by atoms with Crippen LogP contribution in [0.25, 0.3) is 0 Å². The Labute approximate surface area is 125 Å². The highest BCUT2D eigenvalue weighted by molar-refractivity contribution is 7.80. The molecule has 1 aromatic rings. The van der Waals surface area contributed by atoms with Gasteiger partial charge in [-0.25, -0.2) is 0 Å². The van der Waals surface area contributed by atoms with E-state index in [-0.39, 0.29) is 12.2 Å². The average Bonchev–Trinajstić information content (AvgIpc) is 2.44. The third kappa shape index (κ3) is 3.22. The molecule has 0 bridgehead atoms. The summed E-state index contributed by atoms with van der Waals surface area (Å²) in [5, 5.41) is 0. The quantitative estimate of drug-likeness (QED) is 0.800. The van der Waals surface area contributed by atoms with Gasteiger partial charge < -0.3 is 19.1 Å². The van der Waals surface area contributed by atoms with Crippen LogP contribution < -0.4 is 9.47 Å². The molecule has 20 heavy (non-hydrogen) atoms. The summed E-state index contributed by atoms with van der Waals surface area (Å²) in [7, 11) is 3.30. The van der Waals surface area contributed by atoms with Crippen LogP contribution in [0.5, 0.6) is 11.5 Å². The minimum absolute atomic E-state index is 0.174. The molecule has 0 amide bonds. The summed E-state index contributed by atoms with van der Waals surface area (Å²) < 4.78 is 16.4. The molecule has 1 fully saturated rings. The predicted molar refractivity (Wildman–Crippen MR) is 82.8 cm³/mol. The average molecular weight is 295 g/mol. The Kier molecular flexibility index (Phi) is 4.83. The van der Waals surface area contributed by atoms with E-state index >= 15 is 0 Å². The zero-order valence-corrected chi connectivity index (χ0v) is 13.2. The Bertz CT molecular complexity index is 482. The van der Waals surface area contributed by atoms with Crippen molar-refractivity contribution < 1.29 is 14.2 Å². The minimum atomic E-state index is 0.174. The van der Waals surface area contributed by atoms with Gasteiger partial charge in [-0.3, -0.25) is 0 Å². The van der Waals surface area contributed by atoms with Crippen molar-refractivity contribution in [1.29, 1.82) is 0 Å². The fraction of sp³-hybridized carbons (Fsp3) is 0.533. The van der Waals surface area contributed by atoms with Gasteiger partial charge in [-0.05, 0) is 32.0 Å². The van der Waals surface area contributed by atoms with Crippen LogP contribution in [0, 0.1) is 0 Å². The summed E-state index contributed by atoms with van der Waals surface area (Å²) in [6.07, 6.45) is 0.349. The number of benzene rings is 1. The SMILES string of the molecule is COc1ccc(OC)c(C(=S)N2C[C@@H](C)O[C@H](C)C2)c1. The molecule has 0 radical (unpaired) electrons. The van der Waals surface area contributed by atoms with Gasteiger partial charge in [-0.2, -0.15) is 0 Å². The lowest BCUT2D eigenvalue weighted by molar-refractivity contribution is -0.0472. The largest absolute Gasteiger partial charge is 0.497 e. The van der Waals surface area contributed by atoms with Crippen molar-refractivity contribution in [1.82, 2.24) is 4.90 Å². The third-order valence-corrected chi connectivity index (χ3v) is 3.82. The van der Waals surface area contributed by atoms with Gasteiger partial charge in [-0.1, -0.05) is 12.2 Å². The maximum absolute atomic E-state index is 5.75. The molecule has 0 aliphatic carbocycles. The van der Waals surface area contributed by atoms with Crippen LogP contribution in [0.1, 0.15) is 19.4 Å². The molecule has 1 aliphatic heterocycles. The van der Waals surface area contributed by atoms with E-state index in [1.165, 1.54) is 0 Å². The highest BCUT2D eigenvalue weighted by Gasteiger charge is 2.26. The number of morpholine rings is 1. The van der Waals surface area contributed by atoms with Crippen molar-refractivity contribution >= 4 is 17.2 Å². The van der Waals surface area contributed by atoms with Crippen molar-refractivity contribution in [2.45, 2.75) is 26.1 Å². The minimum Gasteiger partial charge on any atom is -0.497 e. The molecule has 0 saturated carbocycles. The van der Waals surface area contributed by atoms with E-state index in [2.05, 4.69) is 18.7 Å². The maximum atomic E-state index is 5.75. The molecule has 1 saturated heterocycles. The standard InChI is InChI=1S/C15H21NO3S/c1-10-8-16(9-11(2)19-10)15(20)13-7-12(17-3)5-6-14(13)18-4/h5-7,10-11H,8-9H2,1-4H3/t10-,11-/m1/s1. The van der Waals surface area contributed by atoms with Crippen LogP contribution in [0.4, 0.5) is 0 Å². The highest BCUT2D eigenvalue weighted by Crippen LogP contribution is 2.27. The lowest BCUT2D eigenvalue weighted by atomic mass is 10.1. The number of nitrogens with zero attached hydrogens (tertiary/aromatic N) is 1. The van der Waals surface area contributed by atoms with Crippen LogP contribution in [-0.4, -0.2) is 49.4 Å². The summed E-state index contributed by atoms with van der Waals surface area (Å²) in [5.74, 6) is 1.54. The Balaban J connectivity index is 2.27. The Morgan fingerprint density at radius 2 is 1.85 bits per heavy atom. The first-order valence-electron chi connectivity index (χ1n) is 6.72. The van der Waals surface area contributed by atoms with Gasteiger partial charge in [0.25, 0.3) is 0 Å². The molecule has 5 heteroatoms. The lowest BCUT2D eigenvalue weighted by Crippen LogP contribution is -2.47. The number of hydrogen-bond donors (Lipinski definition) is 0. The molecule has 0 N–H and O–H groups in total. The molecule has 1 aliphatic rings. The van der Waals surface area contributed by atoms with Crippen LogP contribution in [0.2, 0.25) is 0 Å². The third-order valence-electron chi connectivity index (χ3n) is 3.34. The molecule has 0 aromatic heterocycles. The summed E-state index contributed by atoms with van der Waals surface area (Å²) in [6, 6.07) is 5.68. The van der Waals surface area contributed by atoms with E-state index in [0.717, 1.165) is 35.1 Å². The molecule has 2 atom stereocenters. The van der Waals surface area contributed by atoms with Crippen LogP contribution in [0.3, 0.4) is 0 Å². The molecule has 0 unspecified atom stereocenters. The van der Waals surface area contributed by atoms with Gasteiger partial charge in [0.1, 0.15) is 16.5 Å². The monoisotopic (exact) mass is 295 g/mol. The number of thiocarbonyl (C=S) groups is 1. The van der Waals surface area contributed by atoms with Crippen molar-refractivity contribution in [3.63, 3.8) is 0 Å². The zero-order valence-electron chi connectivity index (χ0n) is 12.4. The van der Waals surface area contributed by atoms with E-state index in [9.17, 15) is 0 Å². The molecule has 4 nitrogen and oxygen atoms in total. The number of hydrogen-bond acceptors (Lipinski definition) is 4. The summed E-state index contributed by atoms with van der Waals surface area (Å²) in [6.45, 7) is 5.72. The predicted octanol–water partition coefficient (Wildman–Crippen LogP) is 2.49. The van der Waals surface area contributed by atoms with Gasteiger partial charge in [-0.15, -0.1) is 0 Å². The first kappa shape index (κ1) is 15.1. The number of rotatable bonds is 3. The second kappa shape index (κ2) is 6.41. The van der Waals surface area contributed by atoms with E-state index in [4.69, 9.17) is 26.4 Å². The Hall–Kier alpha value is -1.33. The first-order valence-corrected chi connectivity index (χ1v) is 7.12. The summed E-state index contributed by atoms with van der Waals surface area (Å²) >= 11 is 5.64. The summed E-state index contributed by atoms with van der Waals surface area (Å²) in [5.41, 5.74) is 0.892. The Morgan fingerprint density at radius 3 is 2.40 bits per heavy atom. The fourth-order valence-electron chi connectivity index (χ4n) is 2.50. The van der Waals surface area contributed by atoms with Crippen molar-refractivity contribution in [3.05, 3.63) is 23.8 Å². The highest BCUT2D eigenvalue weighted by atomic mass is 32.1. The van der Waals surface area contributed by atoms with Crippen LogP contribution in [-0.2, 0) is 4.74 Å². The van der Waals surface area contributed by atoms with E-state index in [0.29, 0.717) is 0 Å². The Morgan fingerprint density at radius 1 is 1.20 bits per heavy atom. The smallest absolute Gasteiger partial charge is 0.129 e. The molecule has 2 rings (SSSR count). The maximum Gasteiger partial charge on any atom is 0.129 e. The lowest BCUT2D eigenvalue weighted by Gasteiger charge is -2.37. The van der Waals surface area contributed by atoms with Crippen LogP contribution in [0.15, 0.2) is 18.2 Å². The van der Waals surface area contributed by atoms with E-state index in [1.807, 2.05) is 18.2 Å². The van der Waals surface area contributed by atoms with Gasteiger partial charge in [0, 0.05) is 13.1 Å². The molecule has 110 valence electrons.